The van der Waals surface area contributed by atoms with Crippen LogP contribution < -0.4 is 0 Å². The zero-order valence-corrected chi connectivity index (χ0v) is 8.80. The Bertz CT molecular complexity index is 516. The minimum absolute atomic E-state index is 0.290. The van der Waals surface area contributed by atoms with Crippen LogP contribution in [0.3, 0.4) is 0 Å². The number of hydrogen-bond donors (Lipinski definition) is 1. The monoisotopic (exact) mass is 217 g/mol. The van der Waals surface area contributed by atoms with Gasteiger partial charge in [0.2, 0.25) is 0 Å². The Balaban J connectivity index is 2.25. The van der Waals surface area contributed by atoms with Crippen LogP contribution in [0.5, 0.6) is 0 Å². The van der Waals surface area contributed by atoms with Crippen LogP contribution in [0.4, 0.5) is 0 Å². The molecule has 0 aliphatic rings. The summed E-state index contributed by atoms with van der Waals surface area (Å²) in [6, 6.07) is 6.83. The third-order valence-corrected chi connectivity index (χ3v) is 2.39. The van der Waals surface area contributed by atoms with Gasteiger partial charge in [0.1, 0.15) is 5.76 Å². The van der Waals surface area contributed by atoms with E-state index in [0.717, 1.165) is 17.0 Å². The lowest BCUT2D eigenvalue weighted by atomic mass is 10.1. The quantitative estimate of drug-likeness (QED) is 0.856. The number of oxazole rings is 1. The van der Waals surface area contributed by atoms with Gasteiger partial charge in [0.05, 0.1) is 11.3 Å². The van der Waals surface area contributed by atoms with Gasteiger partial charge in [-0.2, -0.15) is 0 Å². The molecule has 2 aromatic rings. The fourth-order valence-corrected chi connectivity index (χ4v) is 1.51. The Morgan fingerprint density at radius 1 is 1.50 bits per heavy atom. The molecule has 0 aliphatic heterocycles. The van der Waals surface area contributed by atoms with E-state index in [4.69, 9.17) is 9.52 Å². The third kappa shape index (κ3) is 2.11. The second-order valence-electron chi connectivity index (χ2n) is 3.54. The van der Waals surface area contributed by atoms with Gasteiger partial charge in [-0.3, -0.25) is 0 Å². The minimum atomic E-state index is -0.918. The van der Waals surface area contributed by atoms with Crippen molar-refractivity contribution in [2.24, 2.45) is 0 Å². The maximum absolute atomic E-state index is 10.8. The maximum Gasteiger partial charge on any atom is 0.335 e. The Labute approximate surface area is 92.6 Å². The fraction of sp³-hybridized carbons (Fsp3) is 0.167. The second-order valence-corrected chi connectivity index (χ2v) is 3.54. The Morgan fingerprint density at radius 2 is 2.31 bits per heavy atom. The summed E-state index contributed by atoms with van der Waals surface area (Å²) in [4.78, 5) is 14.9. The lowest BCUT2D eigenvalue weighted by molar-refractivity contribution is 0.0697. The summed E-state index contributed by atoms with van der Waals surface area (Å²) in [5, 5.41) is 8.86. The molecule has 0 aliphatic carbocycles. The Kier molecular flexibility index (Phi) is 2.72. The molecule has 0 radical (unpaired) electrons. The van der Waals surface area contributed by atoms with Crippen LogP contribution in [0.2, 0.25) is 0 Å². The molecule has 1 aromatic carbocycles. The highest BCUT2D eigenvalue weighted by Gasteiger charge is 2.07. The van der Waals surface area contributed by atoms with Gasteiger partial charge in [0.25, 0.3) is 0 Å². The molecule has 0 fully saturated rings. The predicted octanol–water partition coefficient (Wildman–Crippen LogP) is 2.27. The SMILES string of the molecule is Cc1ocnc1Cc1cccc(C(=O)O)c1. The van der Waals surface area contributed by atoms with Gasteiger partial charge in [-0.05, 0) is 24.6 Å². The van der Waals surface area contributed by atoms with E-state index in [9.17, 15) is 4.79 Å². The zero-order valence-electron chi connectivity index (χ0n) is 8.80. The number of nitrogens with zero attached hydrogens (tertiary/aromatic N) is 1. The van der Waals surface area contributed by atoms with Crippen LogP contribution in [0.25, 0.3) is 0 Å². The normalized spacial score (nSPS) is 10.3. The van der Waals surface area contributed by atoms with E-state index in [0.29, 0.717) is 12.0 Å². The lowest BCUT2D eigenvalue weighted by Crippen LogP contribution is -1.98. The fourth-order valence-electron chi connectivity index (χ4n) is 1.51. The van der Waals surface area contributed by atoms with Gasteiger partial charge >= 0.3 is 5.97 Å². The van der Waals surface area contributed by atoms with Crippen molar-refractivity contribution in [3.8, 4) is 0 Å². The first-order valence-corrected chi connectivity index (χ1v) is 4.88. The van der Waals surface area contributed by atoms with Crippen LogP contribution in [0, 0.1) is 6.92 Å². The topological polar surface area (TPSA) is 63.3 Å². The second kappa shape index (κ2) is 4.18. The Morgan fingerprint density at radius 3 is 2.94 bits per heavy atom. The van der Waals surface area contributed by atoms with E-state index in [1.54, 1.807) is 18.2 Å². The molecular formula is C12H11NO3. The standard InChI is InChI=1S/C12H11NO3/c1-8-11(13-7-16-8)6-9-3-2-4-10(5-9)12(14)15/h2-5,7H,6H2,1H3,(H,14,15). The summed E-state index contributed by atoms with van der Waals surface area (Å²) in [6.07, 6.45) is 1.98. The lowest BCUT2D eigenvalue weighted by Gasteiger charge is -2.00. The summed E-state index contributed by atoms with van der Waals surface area (Å²) in [5.74, 6) is -0.153. The van der Waals surface area contributed by atoms with Crippen molar-refractivity contribution in [3.05, 3.63) is 53.2 Å². The number of aryl methyl sites for hydroxylation is 1. The number of carbonyl (C=O) groups is 1. The number of aromatic nitrogens is 1. The maximum atomic E-state index is 10.8. The molecule has 0 spiro atoms. The molecule has 4 nitrogen and oxygen atoms in total. The number of carboxylic acids is 1. The van der Waals surface area contributed by atoms with Gasteiger partial charge in [-0.15, -0.1) is 0 Å². The molecule has 0 bridgehead atoms. The van der Waals surface area contributed by atoms with Crippen molar-refractivity contribution in [1.29, 1.82) is 0 Å². The van der Waals surface area contributed by atoms with Crippen LogP contribution in [0.1, 0.15) is 27.4 Å². The average molecular weight is 217 g/mol. The number of benzene rings is 1. The van der Waals surface area contributed by atoms with Gasteiger partial charge in [0, 0.05) is 6.42 Å². The highest BCUT2D eigenvalue weighted by molar-refractivity contribution is 5.87. The van der Waals surface area contributed by atoms with E-state index < -0.39 is 5.97 Å². The number of aromatic carboxylic acids is 1. The van der Waals surface area contributed by atoms with Gasteiger partial charge < -0.3 is 9.52 Å². The molecular weight excluding hydrogens is 206 g/mol. The van der Waals surface area contributed by atoms with Gasteiger partial charge in [0.15, 0.2) is 6.39 Å². The minimum Gasteiger partial charge on any atom is -0.478 e. The molecule has 82 valence electrons. The zero-order chi connectivity index (χ0) is 11.5. The van der Waals surface area contributed by atoms with Crippen LogP contribution in [-0.2, 0) is 6.42 Å². The van der Waals surface area contributed by atoms with Crippen LogP contribution in [0.15, 0.2) is 35.1 Å². The van der Waals surface area contributed by atoms with Crippen LogP contribution >= 0.6 is 0 Å². The molecule has 1 N–H and O–H groups in total. The smallest absolute Gasteiger partial charge is 0.335 e. The first kappa shape index (κ1) is 10.4. The van der Waals surface area contributed by atoms with Crippen molar-refractivity contribution in [3.63, 3.8) is 0 Å². The van der Waals surface area contributed by atoms with Crippen LogP contribution in [-0.4, -0.2) is 16.1 Å². The van der Waals surface area contributed by atoms with Gasteiger partial charge in [-0.25, -0.2) is 9.78 Å². The summed E-state index contributed by atoms with van der Waals surface area (Å²) in [6.45, 7) is 1.84. The summed E-state index contributed by atoms with van der Waals surface area (Å²) >= 11 is 0. The molecule has 1 aromatic heterocycles. The molecule has 2 rings (SSSR count). The number of carboxylic acid groups (broad SMARTS) is 1. The first-order valence-electron chi connectivity index (χ1n) is 4.88. The summed E-state index contributed by atoms with van der Waals surface area (Å²) in [5.41, 5.74) is 2.04. The van der Waals surface area contributed by atoms with Crippen molar-refractivity contribution in [2.45, 2.75) is 13.3 Å². The van der Waals surface area contributed by atoms with E-state index in [1.165, 1.54) is 6.39 Å². The summed E-state index contributed by atoms with van der Waals surface area (Å²) in [7, 11) is 0. The molecule has 0 amide bonds. The number of hydrogen-bond acceptors (Lipinski definition) is 3. The van der Waals surface area contributed by atoms with E-state index in [-0.39, 0.29) is 0 Å². The van der Waals surface area contributed by atoms with Crippen molar-refractivity contribution >= 4 is 5.97 Å². The molecule has 0 saturated heterocycles. The third-order valence-electron chi connectivity index (χ3n) is 2.39. The molecule has 4 heteroatoms. The Hall–Kier alpha value is -2.10. The first-order chi connectivity index (χ1) is 7.66. The predicted molar refractivity (Wildman–Crippen MR) is 57.4 cm³/mol. The van der Waals surface area contributed by atoms with Crippen molar-refractivity contribution in [1.82, 2.24) is 4.98 Å². The van der Waals surface area contributed by atoms with E-state index in [1.807, 2.05) is 13.0 Å². The molecule has 0 atom stereocenters. The molecule has 1 heterocycles. The van der Waals surface area contributed by atoms with Gasteiger partial charge in [-0.1, -0.05) is 12.1 Å². The summed E-state index contributed by atoms with van der Waals surface area (Å²) < 4.78 is 5.09. The van der Waals surface area contributed by atoms with Crippen molar-refractivity contribution < 1.29 is 14.3 Å². The number of rotatable bonds is 3. The average Bonchev–Trinajstić information content (AvgIpc) is 2.65. The molecule has 16 heavy (non-hydrogen) atoms. The van der Waals surface area contributed by atoms with E-state index in [2.05, 4.69) is 4.98 Å². The highest BCUT2D eigenvalue weighted by Crippen LogP contribution is 2.13. The highest BCUT2D eigenvalue weighted by atomic mass is 16.4. The molecule has 0 unspecified atom stereocenters. The van der Waals surface area contributed by atoms with E-state index >= 15 is 0 Å². The largest absolute Gasteiger partial charge is 0.478 e. The van der Waals surface area contributed by atoms with Crippen molar-refractivity contribution in [2.75, 3.05) is 0 Å². The molecule has 0 saturated carbocycles.